The number of fused-ring (bicyclic) bond motifs is 3. The molecule has 0 amide bonds. The van der Waals surface area contributed by atoms with E-state index in [1.807, 2.05) is 50.3 Å². The highest BCUT2D eigenvalue weighted by Crippen LogP contribution is 2.32. The lowest BCUT2D eigenvalue weighted by molar-refractivity contribution is -0.140. The fourth-order valence-corrected chi connectivity index (χ4v) is 4.20. The maximum Gasteiger partial charge on any atom is 0.331 e. The van der Waals surface area contributed by atoms with Gasteiger partial charge in [-0.25, -0.2) is 4.79 Å². The molecule has 0 fully saturated rings. The van der Waals surface area contributed by atoms with Crippen LogP contribution in [0.25, 0.3) is 21.8 Å². The maximum atomic E-state index is 13.2. The Kier molecular flexibility index (Phi) is 5.59. The first-order valence-corrected chi connectivity index (χ1v) is 10.6. The van der Waals surface area contributed by atoms with Gasteiger partial charge in [-0.05, 0) is 69.5 Å². The summed E-state index contributed by atoms with van der Waals surface area (Å²) in [6, 6.07) is 12.0. The van der Waals surface area contributed by atoms with E-state index in [9.17, 15) is 9.59 Å². The number of carbonyl (C=O) groups excluding carboxylic acids is 2. The number of nitrogens with zero attached hydrogens (tertiary/aromatic N) is 2. The summed E-state index contributed by atoms with van der Waals surface area (Å²) in [7, 11) is 0. The van der Waals surface area contributed by atoms with Crippen LogP contribution in [0.3, 0.4) is 0 Å². The molecule has 1 aromatic heterocycles. The van der Waals surface area contributed by atoms with Crippen LogP contribution in [0.1, 0.15) is 56.5 Å². The molecular formula is C26H26N2O3. The van der Waals surface area contributed by atoms with E-state index in [-0.39, 0.29) is 5.78 Å². The molecule has 0 unspecified atom stereocenters. The van der Waals surface area contributed by atoms with Crippen LogP contribution in [-0.2, 0) is 16.2 Å². The van der Waals surface area contributed by atoms with Crippen LogP contribution >= 0.6 is 0 Å². The second kappa shape index (κ2) is 8.34. The number of Topliss-reactive ketones (excluding diaryl/α,β-unsaturated/α-hetero) is 1. The first kappa shape index (κ1) is 20.8. The second-order valence-electron chi connectivity index (χ2n) is 7.93. The number of allylic oxidation sites excluding steroid dienone is 4. The number of rotatable bonds is 5. The van der Waals surface area contributed by atoms with Crippen LogP contribution in [0, 0.1) is 0 Å². The van der Waals surface area contributed by atoms with Gasteiger partial charge in [0.2, 0.25) is 0 Å². The molecule has 1 aliphatic carbocycles. The molecule has 0 bridgehead atoms. The van der Waals surface area contributed by atoms with Gasteiger partial charge in [0.05, 0.1) is 5.71 Å². The van der Waals surface area contributed by atoms with E-state index in [0.29, 0.717) is 11.3 Å². The zero-order valence-corrected chi connectivity index (χ0v) is 18.4. The van der Waals surface area contributed by atoms with Gasteiger partial charge < -0.3 is 9.40 Å². The largest absolute Gasteiger partial charge is 0.341 e. The molecule has 0 aliphatic heterocycles. The topological polar surface area (TPSA) is 60.7 Å². The molecule has 0 atom stereocenters. The lowest BCUT2D eigenvalue weighted by Crippen LogP contribution is -2.06. The number of aromatic nitrogens is 1. The van der Waals surface area contributed by atoms with Gasteiger partial charge in [-0.3, -0.25) is 4.79 Å². The molecule has 1 heterocycles. The highest BCUT2D eigenvalue weighted by atomic mass is 16.7. The van der Waals surface area contributed by atoms with Crippen molar-refractivity contribution in [2.45, 2.75) is 47.1 Å². The summed E-state index contributed by atoms with van der Waals surface area (Å²) < 4.78 is 2.24. The van der Waals surface area contributed by atoms with Gasteiger partial charge in [0, 0.05) is 46.4 Å². The number of aryl methyl sites for hydroxylation is 1. The molecule has 2 aromatic carbocycles. The van der Waals surface area contributed by atoms with E-state index in [4.69, 9.17) is 4.84 Å². The summed E-state index contributed by atoms with van der Waals surface area (Å²) in [5, 5.41) is 5.99. The van der Waals surface area contributed by atoms with Crippen molar-refractivity contribution in [3.8, 4) is 0 Å². The van der Waals surface area contributed by atoms with Gasteiger partial charge in [0.25, 0.3) is 0 Å². The second-order valence-corrected chi connectivity index (χ2v) is 7.93. The average molecular weight is 415 g/mol. The standard InChI is InChI=1S/C26H26N2O3/c1-5-28-24-12-10-19(17(3)27-31-18(4)29)14-22(24)23-15-20(11-13-25(23)28)26(30)21-9-7-6-8-16(21)2/h7,9-15H,5-6,8H2,1-4H3/b27-17+. The summed E-state index contributed by atoms with van der Waals surface area (Å²) >= 11 is 0. The van der Waals surface area contributed by atoms with Crippen molar-refractivity contribution >= 4 is 39.3 Å². The summed E-state index contributed by atoms with van der Waals surface area (Å²) in [4.78, 5) is 29.1. The zero-order valence-electron chi connectivity index (χ0n) is 18.4. The van der Waals surface area contributed by atoms with Gasteiger partial charge in [0.15, 0.2) is 5.78 Å². The Labute approximate surface area is 181 Å². The maximum absolute atomic E-state index is 13.2. The third-order valence-electron chi connectivity index (χ3n) is 5.85. The zero-order chi connectivity index (χ0) is 22.1. The van der Waals surface area contributed by atoms with E-state index in [2.05, 4.69) is 28.8 Å². The SMILES string of the molecule is CCn1c2ccc(C(=O)C3=C(C)CCC=C3)cc2c2cc(/C(C)=N/OC(C)=O)ccc21. The van der Waals surface area contributed by atoms with Crippen LogP contribution < -0.4 is 0 Å². The van der Waals surface area contributed by atoms with E-state index in [1.165, 1.54) is 6.92 Å². The third kappa shape index (κ3) is 3.83. The van der Waals surface area contributed by atoms with E-state index < -0.39 is 5.97 Å². The lowest BCUT2D eigenvalue weighted by atomic mass is 9.92. The number of ketones is 1. The summed E-state index contributed by atoms with van der Waals surface area (Å²) in [5.41, 5.74) is 6.31. The Bertz CT molecular complexity index is 1310. The molecule has 31 heavy (non-hydrogen) atoms. The molecule has 158 valence electrons. The molecule has 0 saturated heterocycles. The minimum absolute atomic E-state index is 0.0662. The van der Waals surface area contributed by atoms with E-state index >= 15 is 0 Å². The molecule has 0 saturated carbocycles. The van der Waals surface area contributed by atoms with E-state index in [1.54, 1.807) is 0 Å². The Hall–Kier alpha value is -3.47. The highest BCUT2D eigenvalue weighted by Gasteiger charge is 2.18. The normalized spacial score (nSPS) is 14.5. The number of oxime groups is 1. The number of benzene rings is 2. The van der Waals surface area contributed by atoms with Crippen molar-refractivity contribution < 1.29 is 14.4 Å². The molecular weight excluding hydrogens is 388 g/mol. The van der Waals surface area contributed by atoms with Gasteiger partial charge in [-0.15, -0.1) is 0 Å². The number of hydrogen-bond donors (Lipinski definition) is 0. The summed E-state index contributed by atoms with van der Waals surface area (Å²) in [5.74, 6) is -0.385. The molecule has 0 radical (unpaired) electrons. The minimum Gasteiger partial charge on any atom is -0.341 e. The molecule has 4 rings (SSSR count). The smallest absolute Gasteiger partial charge is 0.331 e. The molecule has 5 nitrogen and oxygen atoms in total. The fourth-order valence-electron chi connectivity index (χ4n) is 4.20. The molecule has 0 spiro atoms. The molecule has 1 aliphatic rings. The molecule has 0 N–H and O–H groups in total. The van der Waals surface area contributed by atoms with E-state index in [0.717, 1.165) is 57.9 Å². The monoisotopic (exact) mass is 414 g/mol. The van der Waals surface area contributed by atoms with Gasteiger partial charge in [-0.1, -0.05) is 28.9 Å². The highest BCUT2D eigenvalue weighted by molar-refractivity contribution is 6.16. The Morgan fingerprint density at radius 1 is 1.03 bits per heavy atom. The molecule has 3 aromatic rings. The molecule has 5 heteroatoms. The van der Waals surface area contributed by atoms with Gasteiger partial charge >= 0.3 is 5.97 Å². The Morgan fingerprint density at radius 3 is 2.29 bits per heavy atom. The predicted molar refractivity (Wildman–Crippen MR) is 124 cm³/mol. The van der Waals surface area contributed by atoms with Crippen molar-refractivity contribution in [3.63, 3.8) is 0 Å². The van der Waals surface area contributed by atoms with Crippen LogP contribution in [0.4, 0.5) is 0 Å². The quantitative estimate of drug-likeness (QED) is 0.224. The number of hydrogen-bond acceptors (Lipinski definition) is 4. The first-order valence-electron chi connectivity index (χ1n) is 10.6. The van der Waals surface area contributed by atoms with Gasteiger partial charge in [0.1, 0.15) is 0 Å². The predicted octanol–water partition coefficient (Wildman–Crippen LogP) is 5.95. The van der Waals surface area contributed by atoms with Crippen molar-refractivity contribution in [2.75, 3.05) is 0 Å². The van der Waals surface area contributed by atoms with Crippen LogP contribution in [0.15, 0.2) is 64.9 Å². The summed E-state index contributed by atoms with van der Waals surface area (Å²) in [6.45, 7) is 8.10. The summed E-state index contributed by atoms with van der Waals surface area (Å²) in [6.07, 6.45) is 5.94. The Balaban J connectivity index is 1.87. The van der Waals surface area contributed by atoms with Crippen molar-refractivity contribution in [1.82, 2.24) is 4.57 Å². The first-order chi connectivity index (χ1) is 14.9. The van der Waals surface area contributed by atoms with Crippen LogP contribution in [0.2, 0.25) is 0 Å². The number of carbonyl (C=O) groups is 2. The van der Waals surface area contributed by atoms with Crippen molar-refractivity contribution in [1.29, 1.82) is 0 Å². The fraction of sp³-hybridized carbons (Fsp3) is 0.269. The van der Waals surface area contributed by atoms with Crippen molar-refractivity contribution in [3.05, 3.63) is 70.8 Å². The lowest BCUT2D eigenvalue weighted by Gasteiger charge is -2.11. The third-order valence-corrected chi connectivity index (χ3v) is 5.85. The van der Waals surface area contributed by atoms with Gasteiger partial charge in [-0.2, -0.15) is 0 Å². The average Bonchev–Trinajstić information content (AvgIpc) is 3.09. The van der Waals surface area contributed by atoms with Crippen LogP contribution in [-0.4, -0.2) is 22.0 Å². The van der Waals surface area contributed by atoms with Crippen molar-refractivity contribution in [2.24, 2.45) is 5.16 Å². The Morgan fingerprint density at radius 2 is 1.68 bits per heavy atom. The van der Waals surface area contributed by atoms with Crippen LogP contribution in [0.5, 0.6) is 0 Å². The minimum atomic E-state index is -0.451.